The third-order valence-corrected chi connectivity index (χ3v) is 5.78. The van der Waals surface area contributed by atoms with Gasteiger partial charge >= 0.3 is 0 Å². The summed E-state index contributed by atoms with van der Waals surface area (Å²) in [6.45, 7) is 4.26. The summed E-state index contributed by atoms with van der Waals surface area (Å²) in [6.07, 6.45) is 2.31. The van der Waals surface area contributed by atoms with E-state index in [1.807, 2.05) is 12.1 Å². The summed E-state index contributed by atoms with van der Waals surface area (Å²) >= 11 is 6.28. The number of nitrogens with zero attached hydrogens (tertiary/aromatic N) is 1. The summed E-state index contributed by atoms with van der Waals surface area (Å²) in [5.41, 5.74) is 2.71. The van der Waals surface area contributed by atoms with Gasteiger partial charge in [0.2, 0.25) is 0 Å². The van der Waals surface area contributed by atoms with Crippen molar-refractivity contribution in [2.45, 2.75) is 38.5 Å². The molecule has 7 heteroatoms. The maximum atomic E-state index is 12.6. The summed E-state index contributed by atoms with van der Waals surface area (Å²) < 4.78 is 11.3. The fourth-order valence-corrected chi connectivity index (χ4v) is 4.01. The molecule has 1 saturated heterocycles. The molecule has 0 saturated carbocycles. The summed E-state index contributed by atoms with van der Waals surface area (Å²) in [5.74, 6) is 0.813. The van der Waals surface area contributed by atoms with Crippen LogP contribution in [0.5, 0.6) is 11.5 Å². The molecule has 0 atom stereocenters. The van der Waals surface area contributed by atoms with Crippen molar-refractivity contribution >= 4 is 17.5 Å². The fourth-order valence-electron chi connectivity index (χ4n) is 3.74. The van der Waals surface area contributed by atoms with E-state index in [2.05, 4.69) is 22.3 Å². The lowest BCUT2D eigenvalue weighted by Crippen LogP contribution is -2.35. The third kappa shape index (κ3) is 5.25. The molecule has 160 valence electrons. The molecule has 0 spiro atoms. The molecule has 0 aliphatic carbocycles. The summed E-state index contributed by atoms with van der Waals surface area (Å²) in [5, 5.41) is 12.9. The predicted octanol–water partition coefficient (Wildman–Crippen LogP) is 3.39. The number of fused-ring (bicyclic) bond motifs is 1. The number of rotatable bonds is 5. The number of halogens is 1. The molecule has 2 aliphatic heterocycles. The van der Waals surface area contributed by atoms with Gasteiger partial charge in [-0.3, -0.25) is 9.69 Å². The molecule has 0 unspecified atom stereocenters. The van der Waals surface area contributed by atoms with Gasteiger partial charge in [-0.1, -0.05) is 35.9 Å². The predicted molar refractivity (Wildman–Crippen MR) is 115 cm³/mol. The quantitative estimate of drug-likeness (QED) is 0.760. The number of aliphatic hydroxyl groups excluding tert-OH is 1. The Kier molecular flexibility index (Phi) is 6.77. The van der Waals surface area contributed by atoms with Crippen molar-refractivity contribution in [2.75, 3.05) is 26.3 Å². The van der Waals surface area contributed by atoms with Gasteiger partial charge in [0.1, 0.15) is 0 Å². The van der Waals surface area contributed by atoms with Gasteiger partial charge in [-0.15, -0.1) is 0 Å². The molecule has 0 radical (unpaired) electrons. The molecule has 4 rings (SSSR count). The average Bonchev–Trinajstić information content (AvgIpc) is 3.00. The van der Waals surface area contributed by atoms with Crippen LogP contribution in [-0.2, 0) is 13.1 Å². The average molecular weight is 431 g/mol. The molecule has 2 heterocycles. The van der Waals surface area contributed by atoms with Crippen molar-refractivity contribution in [1.29, 1.82) is 0 Å². The molecule has 0 bridgehead atoms. The fraction of sp³-hybridized carbons (Fsp3) is 0.435. The molecule has 1 fully saturated rings. The van der Waals surface area contributed by atoms with Gasteiger partial charge in [-0.05, 0) is 36.1 Å². The standard InChI is InChI=1S/C23H27ClN2O4/c24-20-12-18(13-21-22(20)30-11-1-10-29-21)23(28)25-14-16-2-4-17(5-3-16)15-26-8-6-19(27)7-9-26/h2-5,12-13,19,27H,1,6-11,14-15H2,(H,25,28). The van der Waals surface area contributed by atoms with E-state index in [9.17, 15) is 9.90 Å². The van der Waals surface area contributed by atoms with Crippen LogP contribution in [0.25, 0.3) is 0 Å². The van der Waals surface area contributed by atoms with Crippen LogP contribution in [0.15, 0.2) is 36.4 Å². The molecule has 2 aromatic rings. The Morgan fingerprint density at radius 2 is 1.80 bits per heavy atom. The van der Waals surface area contributed by atoms with Crippen molar-refractivity contribution < 1.29 is 19.4 Å². The number of aliphatic hydroxyl groups is 1. The minimum absolute atomic E-state index is 0.152. The number of piperidine rings is 1. The first-order valence-corrected chi connectivity index (χ1v) is 10.8. The van der Waals surface area contributed by atoms with Crippen LogP contribution in [0.4, 0.5) is 0 Å². The highest BCUT2D eigenvalue weighted by Crippen LogP contribution is 2.38. The van der Waals surface area contributed by atoms with Crippen LogP contribution in [0.2, 0.25) is 5.02 Å². The molecule has 2 aromatic carbocycles. The van der Waals surface area contributed by atoms with E-state index in [-0.39, 0.29) is 12.0 Å². The Balaban J connectivity index is 1.33. The topological polar surface area (TPSA) is 71.0 Å². The lowest BCUT2D eigenvalue weighted by Gasteiger charge is -2.29. The van der Waals surface area contributed by atoms with Gasteiger partial charge in [0, 0.05) is 38.2 Å². The lowest BCUT2D eigenvalue weighted by molar-refractivity contribution is 0.0792. The van der Waals surface area contributed by atoms with E-state index < -0.39 is 0 Å². The normalized spacial score (nSPS) is 17.4. The van der Waals surface area contributed by atoms with Gasteiger partial charge in [-0.2, -0.15) is 0 Å². The number of likely N-dealkylation sites (tertiary alicyclic amines) is 1. The van der Waals surface area contributed by atoms with Gasteiger partial charge in [0.05, 0.1) is 24.3 Å². The number of hydrogen-bond donors (Lipinski definition) is 2. The largest absolute Gasteiger partial charge is 0.489 e. The number of ether oxygens (including phenoxy) is 2. The lowest BCUT2D eigenvalue weighted by atomic mass is 10.1. The van der Waals surface area contributed by atoms with E-state index in [4.69, 9.17) is 21.1 Å². The first-order valence-electron chi connectivity index (χ1n) is 10.4. The molecule has 1 amide bonds. The van der Waals surface area contributed by atoms with Crippen molar-refractivity contribution in [2.24, 2.45) is 0 Å². The van der Waals surface area contributed by atoms with Crippen LogP contribution >= 0.6 is 11.6 Å². The molecular formula is C23H27ClN2O4. The SMILES string of the molecule is O=C(NCc1ccc(CN2CCC(O)CC2)cc1)c1cc(Cl)c2c(c1)OCCCO2. The van der Waals surface area contributed by atoms with Gasteiger partial charge < -0.3 is 19.9 Å². The maximum Gasteiger partial charge on any atom is 0.251 e. The van der Waals surface area contributed by atoms with E-state index >= 15 is 0 Å². The second-order valence-corrected chi connectivity index (χ2v) is 8.25. The van der Waals surface area contributed by atoms with Crippen LogP contribution < -0.4 is 14.8 Å². The van der Waals surface area contributed by atoms with E-state index in [0.717, 1.165) is 44.5 Å². The second-order valence-electron chi connectivity index (χ2n) is 7.84. The Bertz CT molecular complexity index is 880. The molecule has 2 aliphatic rings. The highest BCUT2D eigenvalue weighted by Gasteiger charge is 2.19. The number of benzene rings is 2. The number of amides is 1. The maximum absolute atomic E-state index is 12.6. The third-order valence-electron chi connectivity index (χ3n) is 5.50. The molecule has 6 nitrogen and oxygen atoms in total. The monoisotopic (exact) mass is 430 g/mol. The smallest absolute Gasteiger partial charge is 0.251 e. The van der Waals surface area contributed by atoms with Gasteiger partial charge in [-0.25, -0.2) is 0 Å². The van der Waals surface area contributed by atoms with Crippen molar-refractivity contribution in [3.8, 4) is 11.5 Å². The Hall–Kier alpha value is -2.28. The zero-order chi connectivity index (χ0) is 20.9. The Morgan fingerprint density at radius 1 is 1.10 bits per heavy atom. The zero-order valence-electron chi connectivity index (χ0n) is 16.9. The van der Waals surface area contributed by atoms with E-state index in [0.29, 0.717) is 41.8 Å². The number of nitrogens with one attached hydrogen (secondary N) is 1. The van der Waals surface area contributed by atoms with Crippen LogP contribution in [0.3, 0.4) is 0 Å². The van der Waals surface area contributed by atoms with E-state index in [1.165, 1.54) is 5.56 Å². The number of hydrogen-bond acceptors (Lipinski definition) is 5. The highest BCUT2D eigenvalue weighted by atomic mass is 35.5. The van der Waals surface area contributed by atoms with E-state index in [1.54, 1.807) is 12.1 Å². The van der Waals surface area contributed by atoms with Crippen molar-refractivity contribution in [3.63, 3.8) is 0 Å². The molecule has 0 aromatic heterocycles. The minimum atomic E-state index is -0.205. The van der Waals surface area contributed by atoms with Gasteiger partial charge in [0.15, 0.2) is 11.5 Å². The summed E-state index contributed by atoms with van der Waals surface area (Å²) in [7, 11) is 0. The van der Waals surface area contributed by atoms with Gasteiger partial charge in [0.25, 0.3) is 5.91 Å². The summed E-state index contributed by atoms with van der Waals surface area (Å²) in [6, 6.07) is 11.6. The van der Waals surface area contributed by atoms with Crippen LogP contribution in [-0.4, -0.2) is 48.3 Å². The Morgan fingerprint density at radius 3 is 2.57 bits per heavy atom. The number of carbonyl (C=O) groups is 1. The van der Waals surface area contributed by atoms with Crippen LogP contribution in [0.1, 0.15) is 40.7 Å². The molecule has 2 N–H and O–H groups in total. The summed E-state index contributed by atoms with van der Waals surface area (Å²) in [4.78, 5) is 15.0. The van der Waals surface area contributed by atoms with Crippen LogP contribution in [0, 0.1) is 0 Å². The Labute approximate surface area is 181 Å². The molecular weight excluding hydrogens is 404 g/mol. The van der Waals surface area contributed by atoms with Crippen molar-refractivity contribution in [3.05, 3.63) is 58.1 Å². The van der Waals surface area contributed by atoms with Crippen molar-refractivity contribution in [1.82, 2.24) is 10.2 Å². The highest BCUT2D eigenvalue weighted by molar-refractivity contribution is 6.32. The second kappa shape index (κ2) is 9.69. The number of carbonyl (C=O) groups excluding carboxylic acids is 1. The zero-order valence-corrected chi connectivity index (χ0v) is 17.7. The minimum Gasteiger partial charge on any atom is -0.489 e. The first-order chi connectivity index (χ1) is 14.6. The first kappa shape index (κ1) is 21.0. The molecule has 30 heavy (non-hydrogen) atoms.